The molecule has 0 N–H and O–H groups in total. The third kappa shape index (κ3) is 3.67. The first kappa shape index (κ1) is 14.7. The summed E-state index contributed by atoms with van der Waals surface area (Å²) in [5, 5.41) is 8.22. The molecule has 0 fully saturated rings. The summed E-state index contributed by atoms with van der Waals surface area (Å²) in [5.74, 6) is 1.69. The first-order valence-electron chi connectivity index (χ1n) is 7.19. The van der Waals surface area contributed by atoms with Crippen molar-refractivity contribution in [3.63, 3.8) is 0 Å². The molecule has 2 aromatic rings. The maximum Gasteiger partial charge on any atom is 0.230 e. The van der Waals surface area contributed by atoms with E-state index in [9.17, 15) is 0 Å². The number of rotatable bonds is 6. The number of nitrogens with zero attached hydrogens (tertiary/aromatic N) is 3. The number of benzene rings is 1. The molecule has 1 heterocycles. The third-order valence-electron chi connectivity index (χ3n) is 3.44. The molecule has 108 valence electrons. The summed E-state index contributed by atoms with van der Waals surface area (Å²) >= 11 is 0. The van der Waals surface area contributed by atoms with Crippen molar-refractivity contribution in [3.05, 3.63) is 47.2 Å². The van der Waals surface area contributed by atoms with Crippen LogP contribution in [-0.2, 0) is 13.1 Å². The molecular weight excluding hydrogens is 250 g/mol. The van der Waals surface area contributed by atoms with Crippen molar-refractivity contribution in [2.45, 2.75) is 46.7 Å². The van der Waals surface area contributed by atoms with Crippen LogP contribution in [0.25, 0.3) is 0 Å². The van der Waals surface area contributed by atoms with Gasteiger partial charge in [-0.25, -0.2) is 0 Å². The molecule has 2 rings (SSSR count). The standard InChI is InChI=1S/C16H23N3O/c1-5-19(10-14-9-7-6-8-13(14)4)11-15-17-18-16(20-15)12(2)3/h6-9,12H,5,10-11H2,1-4H3. The zero-order valence-electron chi connectivity index (χ0n) is 12.8. The Kier molecular flexibility index (Phi) is 4.90. The van der Waals surface area contributed by atoms with E-state index < -0.39 is 0 Å². The van der Waals surface area contributed by atoms with Gasteiger partial charge in [0.05, 0.1) is 6.54 Å². The summed E-state index contributed by atoms with van der Waals surface area (Å²) < 4.78 is 5.68. The highest BCUT2D eigenvalue weighted by Crippen LogP contribution is 2.15. The molecule has 1 aromatic carbocycles. The Morgan fingerprint density at radius 3 is 2.50 bits per heavy atom. The number of aromatic nitrogens is 2. The Balaban J connectivity index is 2.03. The monoisotopic (exact) mass is 273 g/mol. The molecule has 0 radical (unpaired) electrons. The summed E-state index contributed by atoms with van der Waals surface area (Å²) in [7, 11) is 0. The fourth-order valence-electron chi connectivity index (χ4n) is 2.06. The van der Waals surface area contributed by atoms with Gasteiger partial charge < -0.3 is 4.42 Å². The quantitative estimate of drug-likeness (QED) is 0.807. The van der Waals surface area contributed by atoms with Gasteiger partial charge in [0.1, 0.15) is 0 Å². The second-order valence-electron chi connectivity index (χ2n) is 5.42. The van der Waals surface area contributed by atoms with Crippen LogP contribution in [0.1, 0.15) is 49.6 Å². The second kappa shape index (κ2) is 6.66. The molecule has 0 atom stereocenters. The Morgan fingerprint density at radius 2 is 1.90 bits per heavy atom. The van der Waals surface area contributed by atoms with Gasteiger partial charge in [0.2, 0.25) is 11.8 Å². The summed E-state index contributed by atoms with van der Waals surface area (Å²) in [6.45, 7) is 11.0. The van der Waals surface area contributed by atoms with Crippen LogP contribution >= 0.6 is 0 Å². The van der Waals surface area contributed by atoms with E-state index in [1.807, 2.05) is 0 Å². The molecule has 1 aromatic heterocycles. The van der Waals surface area contributed by atoms with Crippen LogP contribution in [0, 0.1) is 6.92 Å². The zero-order valence-corrected chi connectivity index (χ0v) is 12.8. The Morgan fingerprint density at radius 1 is 1.15 bits per heavy atom. The van der Waals surface area contributed by atoms with Gasteiger partial charge in [0.25, 0.3) is 0 Å². The molecular formula is C16H23N3O. The Hall–Kier alpha value is -1.68. The molecule has 0 amide bonds. The van der Waals surface area contributed by atoms with Crippen LogP contribution in [0.5, 0.6) is 0 Å². The smallest absolute Gasteiger partial charge is 0.230 e. The highest BCUT2D eigenvalue weighted by Gasteiger charge is 2.13. The van der Waals surface area contributed by atoms with Gasteiger partial charge in [0.15, 0.2) is 0 Å². The van der Waals surface area contributed by atoms with Crippen molar-refractivity contribution in [1.29, 1.82) is 0 Å². The van der Waals surface area contributed by atoms with E-state index in [-0.39, 0.29) is 5.92 Å². The molecule has 4 heteroatoms. The van der Waals surface area contributed by atoms with Crippen LogP contribution in [0.2, 0.25) is 0 Å². The fraction of sp³-hybridized carbons (Fsp3) is 0.500. The number of hydrogen-bond acceptors (Lipinski definition) is 4. The van der Waals surface area contributed by atoms with E-state index in [0.717, 1.165) is 13.1 Å². The van der Waals surface area contributed by atoms with Crippen molar-refractivity contribution in [2.75, 3.05) is 6.54 Å². The molecule has 0 saturated heterocycles. The lowest BCUT2D eigenvalue weighted by atomic mass is 10.1. The van der Waals surface area contributed by atoms with Crippen molar-refractivity contribution < 1.29 is 4.42 Å². The van der Waals surface area contributed by atoms with E-state index in [4.69, 9.17) is 4.42 Å². The fourth-order valence-corrected chi connectivity index (χ4v) is 2.06. The molecule has 0 spiro atoms. The highest BCUT2D eigenvalue weighted by atomic mass is 16.4. The average Bonchev–Trinajstić information content (AvgIpc) is 2.89. The minimum atomic E-state index is 0.280. The molecule has 0 aliphatic heterocycles. The van der Waals surface area contributed by atoms with Crippen molar-refractivity contribution >= 4 is 0 Å². The van der Waals surface area contributed by atoms with Crippen LogP contribution in [0.3, 0.4) is 0 Å². The summed E-state index contributed by atoms with van der Waals surface area (Å²) in [6.07, 6.45) is 0. The molecule has 20 heavy (non-hydrogen) atoms. The van der Waals surface area contributed by atoms with Crippen molar-refractivity contribution in [3.8, 4) is 0 Å². The second-order valence-corrected chi connectivity index (χ2v) is 5.42. The van der Waals surface area contributed by atoms with Gasteiger partial charge in [-0.15, -0.1) is 10.2 Å². The Bertz CT molecular complexity index is 548. The Labute approximate surface area is 120 Å². The van der Waals surface area contributed by atoms with Crippen LogP contribution in [-0.4, -0.2) is 21.6 Å². The van der Waals surface area contributed by atoms with Crippen LogP contribution in [0.4, 0.5) is 0 Å². The van der Waals surface area contributed by atoms with E-state index >= 15 is 0 Å². The molecule has 4 nitrogen and oxygen atoms in total. The summed E-state index contributed by atoms with van der Waals surface area (Å²) in [6, 6.07) is 8.47. The minimum Gasteiger partial charge on any atom is -0.424 e. The first-order chi connectivity index (χ1) is 9.60. The molecule has 0 bridgehead atoms. The van der Waals surface area contributed by atoms with E-state index in [1.54, 1.807) is 0 Å². The normalized spacial score (nSPS) is 11.5. The number of aryl methyl sites for hydroxylation is 1. The minimum absolute atomic E-state index is 0.280. The number of hydrogen-bond donors (Lipinski definition) is 0. The van der Waals surface area contributed by atoms with Gasteiger partial charge in [-0.3, -0.25) is 4.90 Å². The van der Waals surface area contributed by atoms with Gasteiger partial charge in [-0.1, -0.05) is 45.0 Å². The SMILES string of the molecule is CCN(Cc1nnc(C(C)C)o1)Cc1ccccc1C. The maximum atomic E-state index is 5.68. The maximum absolute atomic E-state index is 5.68. The lowest BCUT2D eigenvalue weighted by Gasteiger charge is -2.19. The lowest BCUT2D eigenvalue weighted by molar-refractivity contribution is 0.238. The molecule has 0 saturated carbocycles. The summed E-state index contributed by atoms with van der Waals surface area (Å²) in [5.41, 5.74) is 2.66. The first-order valence-corrected chi connectivity index (χ1v) is 7.19. The van der Waals surface area contributed by atoms with Gasteiger partial charge >= 0.3 is 0 Å². The molecule has 0 aliphatic rings. The molecule has 0 aliphatic carbocycles. The van der Waals surface area contributed by atoms with E-state index in [0.29, 0.717) is 18.3 Å². The van der Waals surface area contributed by atoms with Crippen molar-refractivity contribution in [1.82, 2.24) is 15.1 Å². The van der Waals surface area contributed by atoms with Crippen LogP contribution < -0.4 is 0 Å². The predicted octanol–water partition coefficient (Wildman–Crippen LogP) is 3.52. The van der Waals surface area contributed by atoms with Crippen molar-refractivity contribution in [2.24, 2.45) is 0 Å². The largest absolute Gasteiger partial charge is 0.424 e. The third-order valence-corrected chi connectivity index (χ3v) is 3.44. The highest BCUT2D eigenvalue weighted by molar-refractivity contribution is 5.25. The average molecular weight is 273 g/mol. The molecule has 0 unspecified atom stereocenters. The van der Waals surface area contributed by atoms with Crippen LogP contribution in [0.15, 0.2) is 28.7 Å². The zero-order chi connectivity index (χ0) is 14.5. The van der Waals surface area contributed by atoms with E-state index in [1.165, 1.54) is 11.1 Å². The predicted molar refractivity (Wildman–Crippen MR) is 79.4 cm³/mol. The van der Waals surface area contributed by atoms with E-state index in [2.05, 4.69) is 67.1 Å². The summed E-state index contributed by atoms with van der Waals surface area (Å²) in [4.78, 5) is 2.31. The van der Waals surface area contributed by atoms with Gasteiger partial charge in [0, 0.05) is 12.5 Å². The van der Waals surface area contributed by atoms with Gasteiger partial charge in [-0.05, 0) is 24.6 Å². The van der Waals surface area contributed by atoms with Gasteiger partial charge in [-0.2, -0.15) is 0 Å². The lowest BCUT2D eigenvalue weighted by Crippen LogP contribution is -2.23. The topological polar surface area (TPSA) is 42.2 Å².